The molecule has 2 heterocycles. The molecule has 5 aliphatic rings. The Labute approximate surface area is 208 Å². The number of hydrogen-bond donors (Lipinski definition) is 2. The lowest BCUT2D eigenvalue weighted by Gasteiger charge is -2.70. The fourth-order valence-corrected chi connectivity index (χ4v) is 5.61. The van der Waals surface area contributed by atoms with Gasteiger partial charge < -0.3 is 29.6 Å². The first-order valence-corrected chi connectivity index (χ1v) is 11.6. The molecule has 2 bridgehead atoms. The second-order valence-electron chi connectivity index (χ2n) is 10.0. The average molecular weight is 525 g/mol. The van der Waals surface area contributed by atoms with Gasteiger partial charge in [-0.05, 0) is 44.4 Å². The average Bonchev–Trinajstić information content (AvgIpc) is 3.25. The summed E-state index contributed by atoms with van der Waals surface area (Å²) in [5, 5.41) is 5.94. The van der Waals surface area contributed by atoms with Gasteiger partial charge in [0.2, 0.25) is 5.91 Å². The summed E-state index contributed by atoms with van der Waals surface area (Å²) in [4.78, 5) is 25.6. The minimum Gasteiger partial charge on any atom is -0.492 e. The second kappa shape index (κ2) is 7.34. The van der Waals surface area contributed by atoms with Crippen LogP contribution < -0.4 is 29.6 Å². The van der Waals surface area contributed by atoms with Crippen LogP contribution in [0.3, 0.4) is 0 Å². The first-order chi connectivity index (χ1) is 16.9. The Balaban J connectivity index is 1.04. The summed E-state index contributed by atoms with van der Waals surface area (Å²) in [6.07, 6.45) is -2.13. The first-order valence-electron chi connectivity index (χ1n) is 11.2. The summed E-state index contributed by atoms with van der Waals surface area (Å²) < 4.78 is 60.3. The van der Waals surface area contributed by atoms with E-state index in [0.29, 0.717) is 24.8 Å². The van der Waals surface area contributed by atoms with Gasteiger partial charge in [-0.15, -0.1) is 8.78 Å². The monoisotopic (exact) mass is 524 g/mol. The Morgan fingerprint density at radius 3 is 2.39 bits per heavy atom. The molecule has 2 N–H and O–H groups in total. The molecular weight excluding hydrogens is 505 g/mol. The molecule has 3 fully saturated rings. The van der Waals surface area contributed by atoms with Gasteiger partial charge >= 0.3 is 6.29 Å². The number of hydrogen-bond acceptors (Lipinski definition) is 6. The number of alkyl halides is 2. The van der Waals surface area contributed by atoms with E-state index in [9.17, 15) is 22.8 Å². The SMILES string of the molecule is C[C@@]1(C(=O)NC23CC(NC(=O)COc4ccc(Cl)c(F)c4)(C2)C3)COc2cc3c(cc21)OC(F)(F)O3. The van der Waals surface area contributed by atoms with Crippen LogP contribution in [0.25, 0.3) is 0 Å². The van der Waals surface area contributed by atoms with Crippen LogP contribution in [0.1, 0.15) is 31.7 Å². The van der Waals surface area contributed by atoms with Crippen LogP contribution in [-0.4, -0.2) is 42.4 Å². The van der Waals surface area contributed by atoms with Gasteiger partial charge in [0.05, 0.1) is 5.02 Å². The number of benzene rings is 2. The Morgan fingerprint density at radius 2 is 1.69 bits per heavy atom. The minimum atomic E-state index is -3.77. The van der Waals surface area contributed by atoms with E-state index in [4.69, 9.17) is 21.1 Å². The molecule has 2 aromatic carbocycles. The third-order valence-electron chi connectivity index (χ3n) is 7.19. The molecule has 190 valence electrons. The molecular formula is C24H20ClF3N2O6. The standard InChI is InChI=1S/C24H20ClF3N2O6/c1-21(11-34-16-6-18-17(5-13(16)21)35-24(27,28)36-18)20(32)30-23-8-22(9-23,10-23)29-19(31)7-33-12-2-3-14(25)15(26)4-12/h2-6H,7-11H2,1H3,(H,29,31)(H,30,32)/t21-,22?,23?/m1/s1. The molecule has 0 aromatic heterocycles. The molecule has 36 heavy (non-hydrogen) atoms. The van der Waals surface area contributed by atoms with Crippen LogP contribution in [0.4, 0.5) is 13.2 Å². The van der Waals surface area contributed by atoms with E-state index in [2.05, 4.69) is 20.1 Å². The number of carbonyl (C=O) groups is 2. The number of amides is 2. The van der Waals surface area contributed by atoms with Crippen molar-refractivity contribution in [2.45, 2.75) is 49.0 Å². The van der Waals surface area contributed by atoms with Gasteiger partial charge in [-0.25, -0.2) is 4.39 Å². The van der Waals surface area contributed by atoms with Crippen molar-refractivity contribution in [1.82, 2.24) is 10.6 Å². The van der Waals surface area contributed by atoms with Gasteiger partial charge in [0, 0.05) is 28.8 Å². The largest absolute Gasteiger partial charge is 0.586 e. The van der Waals surface area contributed by atoms with Crippen LogP contribution in [0.15, 0.2) is 30.3 Å². The fraction of sp³-hybridized carbons (Fsp3) is 0.417. The number of rotatable bonds is 6. The van der Waals surface area contributed by atoms with Crippen molar-refractivity contribution in [3.63, 3.8) is 0 Å². The van der Waals surface area contributed by atoms with E-state index in [1.165, 1.54) is 24.3 Å². The molecule has 2 aliphatic heterocycles. The van der Waals surface area contributed by atoms with Crippen molar-refractivity contribution < 1.29 is 41.7 Å². The van der Waals surface area contributed by atoms with Gasteiger partial charge in [0.1, 0.15) is 29.3 Å². The smallest absolute Gasteiger partial charge is 0.492 e. The van der Waals surface area contributed by atoms with Crippen LogP contribution in [-0.2, 0) is 15.0 Å². The topological polar surface area (TPSA) is 95.1 Å². The van der Waals surface area contributed by atoms with Gasteiger partial charge in [0.25, 0.3) is 5.91 Å². The fourth-order valence-electron chi connectivity index (χ4n) is 5.50. The Bertz CT molecular complexity index is 1300. The molecule has 3 saturated carbocycles. The molecule has 8 nitrogen and oxygen atoms in total. The zero-order valence-corrected chi connectivity index (χ0v) is 19.6. The molecule has 1 atom stereocenters. The minimum absolute atomic E-state index is 0.0358. The van der Waals surface area contributed by atoms with Crippen molar-refractivity contribution in [3.8, 4) is 23.0 Å². The maximum atomic E-state index is 13.5. The van der Waals surface area contributed by atoms with Crippen molar-refractivity contribution in [2.75, 3.05) is 13.2 Å². The van der Waals surface area contributed by atoms with Crippen molar-refractivity contribution in [2.24, 2.45) is 0 Å². The van der Waals surface area contributed by atoms with Crippen LogP contribution >= 0.6 is 11.6 Å². The molecule has 3 aliphatic carbocycles. The highest BCUT2D eigenvalue weighted by atomic mass is 35.5. The second-order valence-corrected chi connectivity index (χ2v) is 10.4. The van der Waals surface area contributed by atoms with Crippen molar-refractivity contribution in [3.05, 3.63) is 46.7 Å². The molecule has 2 aromatic rings. The van der Waals surface area contributed by atoms with Crippen LogP contribution in [0, 0.1) is 5.82 Å². The number of nitrogens with one attached hydrogen (secondary N) is 2. The lowest BCUT2D eigenvalue weighted by atomic mass is 9.44. The molecule has 12 heteroatoms. The highest BCUT2D eigenvalue weighted by Gasteiger charge is 2.70. The van der Waals surface area contributed by atoms with E-state index in [1.54, 1.807) is 6.92 Å². The van der Waals surface area contributed by atoms with E-state index < -0.39 is 28.6 Å². The predicted octanol–water partition coefficient (Wildman–Crippen LogP) is 3.44. The highest BCUT2D eigenvalue weighted by molar-refractivity contribution is 6.30. The van der Waals surface area contributed by atoms with Gasteiger partial charge in [0.15, 0.2) is 18.1 Å². The van der Waals surface area contributed by atoms with Crippen molar-refractivity contribution in [1.29, 1.82) is 0 Å². The van der Waals surface area contributed by atoms with Gasteiger partial charge in [-0.3, -0.25) is 9.59 Å². The number of fused-ring (bicyclic) bond motifs is 2. The van der Waals surface area contributed by atoms with E-state index in [0.717, 1.165) is 6.07 Å². The lowest BCUT2D eigenvalue weighted by molar-refractivity contribution is -0.286. The van der Waals surface area contributed by atoms with Gasteiger partial charge in [-0.1, -0.05) is 11.6 Å². The Hall–Kier alpha value is -3.34. The summed E-state index contributed by atoms with van der Waals surface area (Å²) in [5.74, 6) is -1.13. The quantitative estimate of drug-likeness (QED) is 0.601. The maximum absolute atomic E-state index is 13.5. The van der Waals surface area contributed by atoms with E-state index in [-0.39, 0.29) is 53.0 Å². The van der Waals surface area contributed by atoms with Crippen LogP contribution in [0.5, 0.6) is 23.0 Å². The molecule has 0 unspecified atom stereocenters. The highest BCUT2D eigenvalue weighted by Crippen LogP contribution is 2.61. The predicted molar refractivity (Wildman–Crippen MR) is 118 cm³/mol. The summed E-state index contributed by atoms with van der Waals surface area (Å²) in [6.45, 7) is 1.42. The van der Waals surface area contributed by atoms with Crippen LogP contribution in [0.2, 0.25) is 5.02 Å². The third-order valence-corrected chi connectivity index (χ3v) is 7.50. The van der Waals surface area contributed by atoms with E-state index in [1.807, 2.05) is 0 Å². The third kappa shape index (κ3) is 3.59. The summed E-state index contributed by atoms with van der Waals surface area (Å²) >= 11 is 5.63. The number of halogens is 4. The zero-order valence-electron chi connectivity index (χ0n) is 18.9. The number of ether oxygens (including phenoxy) is 4. The molecule has 7 rings (SSSR count). The molecule has 0 saturated heterocycles. The van der Waals surface area contributed by atoms with Gasteiger partial charge in [-0.2, -0.15) is 0 Å². The lowest BCUT2D eigenvalue weighted by Crippen LogP contribution is -2.84. The zero-order chi connectivity index (χ0) is 25.5. The Morgan fingerprint density at radius 1 is 1.03 bits per heavy atom. The Kier molecular flexibility index (Phi) is 4.71. The first kappa shape index (κ1) is 23.1. The molecule has 0 radical (unpaired) electrons. The molecule has 2 amide bonds. The van der Waals surface area contributed by atoms with Crippen molar-refractivity contribution >= 4 is 23.4 Å². The molecule has 0 spiro atoms. The summed E-state index contributed by atoms with van der Waals surface area (Å²) in [6, 6.07) is 6.57. The van der Waals surface area contributed by atoms with E-state index >= 15 is 0 Å². The summed E-state index contributed by atoms with van der Waals surface area (Å²) in [5.41, 5.74) is -1.56. The summed E-state index contributed by atoms with van der Waals surface area (Å²) in [7, 11) is 0. The maximum Gasteiger partial charge on any atom is 0.586 e. The normalized spacial score (nSPS) is 29.8. The number of carbonyl (C=O) groups excluding carboxylic acids is 2.